The molecule has 7 heteroatoms. The molecule has 0 heterocycles. The van der Waals surface area contributed by atoms with Crippen LogP contribution in [0.5, 0.6) is 0 Å². The molecular weight excluding hydrogens is 377 g/mol. The minimum absolute atomic E-state index is 0.0783. The van der Waals surface area contributed by atoms with Crippen molar-refractivity contribution in [1.29, 1.82) is 0 Å². The molecule has 0 spiro atoms. The predicted molar refractivity (Wildman–Crippen MR) is 104 cm³/mol. The SMILES string of the molecule is C[C@]12C=CC(=O)C=C1CC[C@H]1[C@@H]3CC[C@@](O)(CCC(=O)O)[C@@]3(C)C[C@H](N=O)[C@@]12F. The van der Waals surface area contributed by atoms with Crippen molar-refractivity contribution in [1.82, 2.24) is 0 Å². The third-order valence-corrected chi connectivity index (χ3v) is 8.84. The second kappa shape index (κ2) is 6.30. The van der Waals surface area contributed by atoms with Gasteiger partial charge in [0.05, 0.1) is 5.60 Å². The van der Waals surface area contributed by atoms with Crippen molar-refractivity contribution in [2.45, 2.75) is 76.1 Å². The second-order valence-electron chi connectivity index (χ2n) is 9.83. The quantitative estimate of drug-likeness (QED) is 0.694. The van der Waals surface area contributed by atoms with Gasteiger partial charge in [-0.3, -0.25) is 9.59 Å². The zero-order valence-electron chi connectivity index (χ0n) is 16.9. The Balaban J connectivity index is 1.78. The van der Waals surface area contributed by atoms with Crippen LogP contribution in [0.25, 0.3) is 0 Å². The van der Waals surface area contributed by atoms with Crippen LogP contribution in [0.15, 0.2) is 29.0 Å². The molecule has 4 rings (SSSR count). The molecule has 0 aromatic heterocycles. The molecule has 0 amide bonds. The number of nitrogens with zero attached hydrogens (tertiary/aromatic N) is 1. The Hall–Kier alpha value is -1.89. The fourth-order valence-electron chi connectivity index (χ4n) is 7.14. The lowest BCUT2D eigenvalue weighted by atomic mass is 9.44. The first-order chi connectivity index (χ1) is 13.5. The topological polar surface area (TPSA) is 104 Å². The van der Waals surface area contributed by atoms with Crippen LogP contribution in [0.4, 0.5) is 4.39 Å². The number of hydrogen-bond donors (Lipinski definition) is 2. The van der Waals surface area contributed by atoms with Gasteiger partial charge in [-0.25, -0.2) is 4.39 Å². The number of carbonyl (C=O) groups excluding carboxylic acids is 1. The summed E-state index contributed by atoms with van der Waals surface area (Å²) in [5, 5.41) is 23.7. The maximum Gasteiger partial charge on any atom is 0.303 e. The lowest BCUT2D eigenvalue weighted by Crippen LogP contribution is -2.67. The Morgan fingerprint density at radius 3 is 2.69 bits per heavy atom. The van der Waals surface area contributed by atoms with E-state index < -0.39 is 40.0 Å². The first-order valence-corrected chi connectivity index (χ1v) is 10.4. The summed E-state index contributed by atoms with van der Waals surface area (Å²) < 4.78 is 17.0. The molecular formula is C22H28FNO5. The van der Waals surface area contributed by atoms with Crippen molar-refractivity contribution >= 4 is 11.8 Å². The molecule has 6 nitrogen and oxygen atoms in total. The van der Waals surface area contributed by atoms with E-state index in [0.717, 1.165) is 0 Å². The van der Waals surface area contributed by atoms with Gasteiger partial charge in [0.15, 0.2) is 11.5 Å². The van der Waals surface area contributed by atoms with E-state index in [1.54, 1.807) is 13.0 Å². The average molecular weight is 405 g/mol. The molecule has 0 aliphatic heterocycles. The molecule has 4 aliphatic carbocycles. The van der Waals surface area contributed by atoms with Gasteiger partial charge < -0.3 is 10.2 Å². The molecule has 7 atom stereocenters. The number of fused-ring (bicyclic) bond motifs is 5. The number of nitroso groups, excluding NO2 is 1. The third-order valence-electron chi connectivity index (χ3n) is 8.84. The zero-order valence-corrected chi connectivity index (χ0v) is 16.9. The molecule has 0 unspecified atom stereocenters. The van der Waals surface area contributed by atoms with E-state index in [4.69, 9.17) is 5.11 Å². The van der Waals surface area contributed by atoms with E-state index in [1.807, 2.05) is 6.92 Å². The molecule has 0 aromatic carbocycles. The largest absolute Gasteiger partial charge is 0.481 e. The highest BCUT2D eigenvalue weighted by molar-refractivity contribution is 6.01. The maximum absolute atomic E-state index is 17.0. The van der Waals surface area contributed by atoms with E-state index in [0.29, 0.717) is 31.3 Å². The number of carbonyl (C=O) groups is 2. The summed E-state index contributed by atoms with van der Waals surface area (Å²) in [5.74, 6) is -1.81. The van der Waals surface area contributed by atoms with Gasteiger partial charge in [0, 0.05) is 23.2 Å². The minimum atomic E-state index is -1.93. The Morgan fingerprint density at radius 2 is 2.03 bits per heavy atom. The summed E-state index contributed by atoms with van der Waals surface area (Å²) >= 11 is 0. The summed E-state index contributed by atoms with van der Waals surface area (Å²) in [6, 6.07) is -1.17. The van der Waals surface area contributed by atoms with Gasteiger partial charge in [0.1, 0.15) is 6.04 Å². The van der Waals surface area contributed by atoms with Crippen LogP contribution in [0.2, 0.25) is 0 Å². The summed E-state index contributed by atoms with van der Waals surface area (Å²) in [7, 11) is 0. The molecule has 0 radical (unpaired) electrons. The number of ketones is 1. The highest BCUT2D eigenvalue weighted by Gasteiger charge is 2.73. The van der Waals surface area contributed by atoms with Crippen LogP contribution in [0.3, 0.4) is 0 Å². The summed E-state index contributed by atoms with van der Waals surface area (Å²) in [6.45, 7) is 3.62. The second-order valence-corrected chi connectivity index (χ2v) is 9.83. The van der Waals surface area contributed by atoms with E-state index in [1.165, 1.54) is 12.2 Å². The van der Waals surface area contributed by atoms with Crippen molar-refractivity contribution in [3.8, 4) is 0 Å². The maximum atomic E-state index is 17.0. The summed E-state index contributed by atoms with van der Waals surface area (Å²) in [6.07, 6.45) is 6.50. The van der Waals surface area contributed by atoms with Crippen molar-refractivity contribution < 1.29 is 24.2 Å². The molecule has 4 aliphatic rings. The predicted octanol–water partition coefficient (Wildman–Crippen LogP) is 3.73. The molecule has 3 saturated carbocycles. The van der Waals surface area contributed by atoms with Gasteiger partial charge in [0.2, 0.25) is 0 Å². The van der Waals surface area contributed by atoms with Crippen molar-refractivity contribution in [3.05, 3.63) is 28.7 Å². The molecule has 0 bridgehead atoms. The van der Waals surface area contributed by atoms with E-state index in [9.17, 15) is 19.6 Å². The minimum Gasteiger partial charge on any atom is -0.481 e. The number of hydrogen-bond acceptors (Lipinski definition) is 5. The number of alkyl halides is 1. The number of carboxylic acids is 1. The number of carboxylic acid groups (broad SMARTS) is 1. The van der Waals surface area contributed by atoms with E-state index in [2.05, 4.69) is 5.18 Å². The van der Waals surface area contributed by atoms with Crippen molar-refractivity contribution in [2.24, 2.45) is 27.8 Å². The Bertz CT molecular complexity index is 839. The van der Waals surface area contributed by atoms with Crippen LogP contribution in [0.1, 0.15) is 58.8 Å². The van der Waals surface area contributed by atoms with Crippen LogP contribution in [-0.4, -0.2) is 39.3 Å². The van der Waals surface area contributed by atoms with Gasteiger partial charge in [-0.1, -0.05) is 23.7 Å². The number of allylic oxidation sites excluding steroid dienone is 4. The standard InChI is InChI=1S/C22H28FNO5/c1-19-8-5-14(25)11-13(19)3-4-16-15-6-9-21(28,10-7-18(26)27)20(15,2)12-17(24-29)22(16,19)23/h5,8,11,15-17,28H,3-4,6-7,9-10,12H2,1-2H3,(H,26,27)/t15-,16-,17-,19-,20-,21+,22-/m0/s1. The molecule has 158 valence electrons. The van der Waals surface area contributed by atoms with Gasteiger partial charge in [-0.05, 0) is 63.5 Å². The number of aliphatic carboxylic acids is 1. The first-order valence-electron chi connectivity index (χ1n) is 10.4. The molecule has 29 heavy (non-hydrogen) atoms. The van der Waals surface area contributed by atoms with Crippen LogP contribution in [-0.2, 0) is 9.59 Å². The van der Waals surface area contributed by atoms with Crippen molar-refractivity contribution in [3.63, 3.8) is 0 Å². The third kappa shape index (κ3) is 2.49. The lowest BCUT2D eigenvalue weighted by molar-refractivity contribution is -0.177. The highest BCUT2D eigenvalue weighted by Crippen LogP contribution is 2.70. The zero-order chi connectivity index (χ0) is 21.2. The fourth-order valence-corrected chi connectivity index (χ4v) is 7.14. The number of rotatable bonds is 4. The van der Waals surface area contributed by atoms with Gasteiger partial charge in [-0.15, -0.1) is 0 Å². The first kappa shape index (κ1) is 20.4. The summed E-state index contributed by atoms with van der Waals surface area (Å²) in [5.41, 5.74) is -4.33. The van der Waals surface area contributed by atoms with Gasteiger partial charge in [0.25, 0.3) is 0 Å². The number of aliphatic hydroxyl groups is 1. The van der Waals surface area contributed by atoms with Crippen molar-refractivity contribution in [2.75, 3.05) is 0 Å². The number of halogens is 1. The molecule has 0 aromatic rings. The van der Waals surface area contributed by atoms with E-state index in [-0.39, 0.29) is 31.0 Å². The Kier molecular flexibility index (Phi) is 4.43. The molecule has 3 fully saturated rings. The fraction of sp³-hybridized carbons (Fsp3) is 0.727. The van der Waals surface area contributed by atoms with Gasteiger partial charge in [-0.2, -0.15) is 4.91 Å². The highest BCUT2D eigenvalue weighted by atomic mass is 19.1. The van der Waals surface area contributed by atoms with Crippen LogP contribution in [0, 0.1) is 27.6 Å². The average Bonchev–Trinajstić information content (AvgIpc) is 2.92. The monoisotopic (exact) mass is 405 g/mol. The van der Waals surface area contributed by atoms with Crippen LogP contribution < -0.4 is 0 Å². The van der Waals surface area contributed by atoms with Gasteiger partial charge >= 0.3 is 5.97 Å². The Labute approximate surface area is 169 Å². The smallest absolute Gasteiger partial charge is 0.303 e. The molecule has 2 N–H and O–H groups in total. The normalized spacial score (nSPS) is 48.3. The summed E-state index contributed by atoms with van der Waals surface area (Å²) in [4.78, 5) is 34.9. The lowest BCUT2D eigenvalue weighted by Gasteiger charge is -2.62. The van der Waals surface area contributed by atoms with Crippen LogP contribution >= 0.6 is 0 Å². The Morgan fingerprint density at radius 1 is 1.31 bits per heavy atom. The molecule has 0 saturated heterocycles. The van der Waals surface area contributed by atoms with E-state index >= 15 is 4.39 Å².